The lowest BCUT2D eigenvalue weighted by Crippen LogP contribution is -2.16. The van der Waals surface area contributed by atoms with E-state index in [2.05, 4.69) is 29.5 Å². The monoisotopic (exact) mass is 303 g/mol. The number of hydrogen-bond donors (Lipinski definition) is 2. The molecule has 1 heterocycles. The van der Waals surface area contributed by atoms with Crippen LogP contribution in [0.15, 0.2) is 42.6 Å². The van der Waals surface area contributed by atoms with Crippen molar-refractivity contribution in [3.8, 4) is 0 Å². The molecule has 110 valence electrons. The maximum atomic E-state index is 12.2. The Hall–Kier alpha value is -2.07. The van der Waals surface area contributed by atoms with Crippen LogP contribution in [0.5, 0.6) is 0 Å². The van der Waals surface area contributed by atoms with Crippen molar-refractivity contribution in [3.63, 3.8) is 0 Å². The molecule has 0 fully saturated rings. The smallest absolute Gasteiger partial charge is 0.274 e. The number of amides is 1. The van der Waals surface area contributed by atoms with Crippen molar-refractivity contribution in [2.24, 2.45) is 0 Å². The maximum absolute atomic E-state index is 12.2. The molecule has 0 aliphatic carbocycles. The van der Waals surface area contributed by atoms with E-state index < -0.39 is 0 Å². The van der Waals surface area contributed by atoms with E-state index in [0.717, 1.165) is 12.1 Å². The predicted octanol–water partition coefficient (Wildman–Crippen LogP) is 4.20. The van der Waals surface area contributed by atoms with Crippen molar-refractivity contribution in [1.82, 2.24) is 4.98 Å². The Balaban J connectivity index is 2.08. The Morgan fingerprint density at radius 2 is 1.95 bits per heavy atom. The Morgan fingerprint density at radius 3 is 2.62 bits per heavy atom. The largest absolute Gasteiger partial charge is 0.382 e. The highest BCUT2D eigenvalue weighted by molar-refractivity contribution is 6.30. The van der Waals surface area contributed by atoms with Gasteiger partial charge in [-0.1, -0.05) is 18.5 Å². The molecule has 5 heteroatoms. The highest BCUT2D eigenvalue weighted by atomic mass is 35.5. The van der Waals surface area contributed by atoms with Gasteiger partial charge in [0, 0.05) is 28.6 Å². The lowest BCUT2D eigenvalue weighted by molar-refractivity contribution is 0.102. The third kappa shape index (κ3) is 4.46. The summed E-state index contributed by atoms with van der Waals surface area (Å²) in [5, 5.41) is 6.74. The van der Waals surface area contributed by atoms with Gasteiger partial charge in [0.2, 0.25) is 0 Å². The Morgan fingerprint density at radius 1 is 1.24 bits per heavy atom. The third-order valence-corrected chi connectivity index (χ3v) is 3.37. The predicted molar refractivity (Wildman–Crippen MR) is 87.0 cm³/mol. The molecule has 1 amide bonds. The van der Waals surface area contributed by atoms with Crippen molar-refractivity contribution in [1.29, 1.82) is 0 Å². The minimum absolute atomic E-state index is 0.245. The summed E-state index contributed by atoms with van der Waals surface area (Å²) in [5.74, 6) is -0.245. The minimum atomic E-state index is -0.245. The number of carbonyl (C=O) groups excluding carboxylic acids is 1. The number of nitrogens with one attached hydrogen (secondary N) is 2. The SMILES string of the molecule is CCC(C)Nc1ccnc(C(=O)Nc2ccc(Cl)cc2)c1. The van der Waals surface area contributed by atoms with Gasteiger partial charge in [-0.2, -0.15) is 0 Å². The van der Waals surface area contributed by atoms with Crippen molar-refractivity contribution < 1.29 is 4.79 Å². The zero-order valence-electron chi connectivity index (χ0n) is 12.1. The van der Waals surface area contributed by atoms with Crippen LogP contribution in [0.3, 0.4) is 0 Å². The van der Waals surface area contributed by atoms with E-state index in [4.69, 9.17) is 11.6 Å². The molecule has 0 aliphatic rings. The number of aromatic nitrogens is 1. The van der Waals surface area contributed by atoms with Crippen molar-refractivity contribution >= 4 is 28.9 Å². The summed E-state index contributed by atoms with van der Waals surface area (Å²) in [6, 6.07) is 10.9. The Bertz CT molecular complexity index is 613. The topological polar surface area (TPSA) is 54.0 Å². The fourth-order valence-corrected chi connectivity index (χ4v) is 1.89. The van der Waals surface area contributed by atoms with Gasteiger partial charge >= 0.3 is 0 Å². The molecule has 2 rings (SSSR count). The van der Waals surface area contributed by atoms with Gasteiger partial charge in [0.1, 0.15) is 5.69 Å². The summed E-state index contributed by atoms with van der Waals surface area (Å²) >= 11 is 5.81. The van der Waals surface area contributed by atoms with Gasteiger partial charge in [-0.3, -0.25) is 9.78 Å². The molecule has 1 aromatic carbocycles. The number of hydrogen-bond acceptors (Lipinski definition) is 3. The number of pyridine rings is 1. The average molecular weight is 304 g/mol. The third-order valence-electron chi connectivity index (χ3n) is 3.12. The number of rotatable bonds is 5. The highest BCUT2D eigenvalue weighted by Crippen LogP contribution is 2.15. The fourth-order valence-electron chi connectivity index (χ4n) is 1.76. The second kappa shape index (κ2) is 7.09. The summed E-state index contributed by atoms with van der Waals surface area (Å²) in [7, 11) is 0. The van der Waals surface area contributed by atoms with E-state index in [1.165, 1.54) is 0 Å². The van der Waals surface area contributed by atoms with Gasteiger partial charge in [0.05, 0.1) is 0 Å². The molecule has 0 radical (unpaired) electrons. The maximum Gasteiger partial charge on any atom is 0.274 e. The number of halogens is 1. The molecule has 0 aliphatic heterocycles. The Kier molecular flexibility index (Phi) is 5.17. The Labute approximate surface area is 129 Å². The first kappa shape index (κ1) is 15.3. The van der Waals surface area contributed by atoms with Crippen molar-refractivity contribution in [3.05, 3.63) is 53.3 Å². The molecule has 0 saturated heterocycles. The van der Waals surface area contributed by atoms with Crippen LogP contribution in [-0.4, -0.2) is 16.9 Å². The number of anilines is 2. The lowest BCUT2D eigenvalue weighted by Gasteiger charge is -2.13. The van der Waals surface area contributed by atoms with Gasteiger partial charge in [-0.25, -0.2) is 0 Å². The molecule has 1 atom stereocenters. The van der Waals surface area contributed by atoms with Gasteiger partial charge < -0.3 is 10.6 Å². The molecule has 0 spiro atoms. The molecule has 2 aromatic rings. The molecular formula is C16H18ClN3O. The van der Waals surface area contributed by atoms with Crippen molar-refractivity contribution in [2.75, 3.05) is 10.6 Å². The summed E-state index contributed by atoms with van der Waals surface area (Å²) in [6.45, 7) is 4.20. The minimum Gasteiger partial charge on any atom is -0.382 e. The second-order valence-electron chi connectivity index (χ2n) is 4.84. The van der Waals surface area contributed by atoms with Crippen LogP contribution >= 0.6 is 11.6 Å². The summed E-state index contributed by atoms with van der Waals surface area (Å²) in [4.78, 5) is 16.3. The first-order valence-corrected chi connectivity index (χ1v) is 7.25. The van der Waals surface area contributed by atoms with Crippen LogP contribution in [0, 0.1) is 0 Å². The standard InChI is InChI=1S/C16H18ClN3O/c1-3-11(2)19-14-8-9-18-15(10-14)16(21)20-13-6-4-12(17)5-7-13/h4-11H,3H2,1-2H3,(H,18,19)(H,20,21). The molecule has 1 aromatic heterocycles. The van der Waals surface area contributed by atoms with Gasteiger partial charge in [0.15, 0.2) is 0 Å². The first-order valence-electron chi connectivity index (χ1n) is 6.88. The molecule has 1 unspecified atom stereocenters. The number of nitrogens with zero attached hydrogens (tertiary/aromatic N) is 1. The average Bonchev–Trinajstić information content (AvgIpc) is 2.49. The fraction of sp³-hybridized carbons (Fsp3) is 0.250. The molecule has 0 saturated carbocycles. The normalized spacial score (nSPS) is 11.8. The molecule has 21 heavy (non-hydrogen) atoms. The number of carbonyl (C=O) groups is 1. The van der Waals surface area contributed by atoms with Crippen molar-refractivity contribution in [2.45, 2.75) is 26.3 Å². The van der Waals surface area contributed by atoms with Crippen LogP contribution < -0.4 is 10.6 Å². The summed E-state index contributed by atoms with van der Waals surface area (Å²) in [6.07, 6.45) is 2.64. The van der Waals surface area contributed by atoms with Crippen LogP contribution in [0.1, 0.15) is 30.8 Å². The molecular weight excluding hydrogens is 286 g/mol. The van der Waals surface area contributed by atoms with Crippen LogP contribution in [-0.2, 0) is 0 Å². The van der Waals surface area contributed by atoms with Gasteiger partial charge in [0.25, 0.3) is 5.91 Å². The van der Waals surface area contributed by atoms with Crippen LogP contribution in [0.4, 0.5) is 11.4 Å². The lowest BCUT2D eigenvalue weighted by atomic mass is 10.2. The van der Waals surface area contributed by atoms with E-state index >= 15 is 0 Å². The molecule has 2 N–H and O–H groups in total. The van der Waals surface area contributed by atoms with E-state index in [-0.39, 0.29) is 5.91 Å². The second-order valence-corrected chi connectivity index (χ2v) is 5.28. The van der Waals surface area contributed by atoms with E-state index in [9.17, 15) is 4.79 Å². The molecule has 4 nitrogen and oxygen atoms in total. The van der Waals surface area contributed by atoms with E-state index in [1.807, 2.05) is 6.07 Å². The van der Waals surface area contributed by atoms with E-state index in [0.29, 0.717) is 22.4 Å². The van der Waals surface area contributed by atoms with Crippen LogP contribution in [0.2, 0.25) is 5.02 Å². The zero-order valence-corrected chi connectivity index (χ0v) is 12.8. The van der Waals surface area contributed by atoms with Gasteiger partial charge in [-0.05, 0) is 49.7 Å². The van der Waals surface area contributed by atoms with E-state index in [1.54, 1.807) is 36.5 Å². The molecule has 0 bridgehead atoms. The first-order chi connectivity index (χ1) is 10.1. The number of benzene rings is 1. The van der Waals surface area contributed by atoms with Gasteiger partial charge in [-0.15, -0.1) is 0 Å². The summed E-state index contributed by atoms with van der Waals surface area (Å²) < 4.78 is 0. The highest BCUT2D eigenvalue weighted by Gasteiger charge is 2.09. The zero-order chi connectivity index (χ0) is 15.2. The van der Waals surface area contributed by atoms with Crippen LogP contribution in [0.25, 0.3) is 0 Å². The summed E-state index contributed by atoms with van der Waals surface area (Å²) in [5.41, 5.74) is 1.95. The quantitative estimate of drug-likeness (QED) is 0.870.